The lowest BCUT2D eigenvalue weighted by molar-refractivity contribution is 0.0793. The van der Waals surface area contributed by atoms with E-state index in [9.17, 15) is 13.2 Å². The highest BCUT2D eigenvalue weighted by Gasteiger charge is 2.25. The van der Waals surface area contributed by atoms with Gasteiger partial charge in [-0.15, -0.1) is 0 Å². The van der Waals surface area contributed by atoms with Gasteiger partial charge < -0.3 is 4.90 Å². The second-order valence-electron chi connectivity index (χ2n) is 6.50. The first kappa shape index (κ1) is 18.4. The third kappa shape index (κ3) is 3.46. The number of benzene rings is 1. The number of anilines is 1. The van der Waals surface area contributed by atoms with Crippen LogP contribution in [0.2, 0.25) is 0 Å². The third-order valence-corrected chi connectivity index (χ3v) is 6.29. The average molecular weight is 376 g/mol. The number of likely N-dealkylation sites (tertiary alicyclic amines) is 1. The lowest BCUT2D eigenvalue weighted by Gasteiger charge is -2.15. The molecule has 26 heavy (non-hydrogen) atoms. The second-order valence-corrected chi connectivity index (χ2v) is 8.12. The fraction of sp³-hybridized carbons (Fsp3) is 0.444. The summed E-state index contributed by atoms with van der Waals surface area (Å²) >= 11 is 0. The Labute approximate surface area is 154 Å². The van der Waals surface area contributed by atoms with Crippen LogP contribution in [0, 0.1) is 13.8 Å². The largest absolute Gasteiger partial charge is 0.339 e. The van der Waals surface area contributed by atoms with E-state index in [0.717, 1.165) is 25.9 Å². The summed E-state index contributed by atoms with van der Waals surface area (Å²) in [6.07, 6.45) is 2.07. The van der Waals surface area contributed by atoms with Crippen LogP contribution in [0.25, 0.3) is 0 Å². The van der Waals surface area contributed by atoms with Gasteiger partial charge in [0.25, 0.3) is 15.9 Å². The highest BCUT2D eigenvalue weighted by Crippen LogP contribution is 2.23. The molecule has 0 radical (unpaired) electrons. The summed E-state index contributed by atoms with van der Waals surface area (Å²) in [4.78, 5) is 14.4. The molecule has 0 atom stereocenters. The number of nitrogens with zero attached hydrogens (tertiary/aromatic N) is 3. The van der Waals surface area contributed by atoms with Crippen LogP contribution in [0.5, 0.6) is 0 Å². The molecule has 8 heteroatoms. The van der Waals surface area contributed by atoms with E-state index in [1.165, 1.54) is 0 Å². The fourth-order valence-corrected chi connectivity index (χ4v) is 4.84. The summed E-state index contributed by atoms with van der Waals surface area (Å²) in [5, 5.41) is 4.27. The van der Waals surface area contributed by atoms with E-state index < -0.39 is 10.0 Å². The first-order valence-corrected chi connectivity index (χ1v) is 10.3. The van der Waals surface area contributed by atoms with E-state index in [2.05, 4.69) is 9.82 Å². The number of carbonyl (C=O) groups is 1. The fourth-order valence-electron chi connectivity index (χ4n) is 3.37. The van der Waals surface area contributed by atoms with Crippen molar-refractivity contribution in [2.75, 3.05) is 17.8 Å². The first-order chi connectivity index (χ1) is 12.3. The number of hydrogen-bond donors (Lipinski definition) is 1. The minimum atomic E-state index is -3.74. The minimum Gasteiger partial charge on any atom is -0.339 e. The van der Waals surface area contributed by atoms with Gasteiger partial charge in [0.15, 0.2) is 0 Å². The molecule has 0 bridgehead atoms. The highest BCUT2D eigenvalue weighted by molar-refractivity contribution is 7.92. The molecule has 1 aromatic heterocycles. The molecule has 0 saturated carbocycles. The third-order valence-electron chi connectivity index (χ3n) is 4.66. The van der Waals surface area contributed by atoms with Crippen LogP contribution in [0.3, 0.4) is 0 Å². The zero-order valence-corrected chi connectivity index (χ0v) is 16.1. The number of rotatable bonds is 5. The molecule has 1 aliphatic heterocycles. The normalized spacial score (nSPS) is 14.7. The Bertz CT molecular complexity index is 911. The Morgan fingerprint density at radius 2 is 1.77 bits per heavy atom. The molecule has 3 rings (SSSR count). The molecule has 140 valence electrons. The van der Waals surface area contributed by atoms with Gasteiger partial charge in [-0.05, 0) is 57.9 Å². The van der Waals surface area contributed by atoms with Gasteiger partial charge in [-0.25, -0.2) is 8.42 Å². The molecule has 1 aliphatic rings. The van der Waals surface area contributed by atoms with Crippen molar-refractivity contribution in [1.82, 2.24) is 14.7 Å². The minimum absolute atomic E-state index is 0.00665. The Balaban J connectivity index is 1.80. The maximum Gasteiger partial charge on any atom is 0.265 e. The van der Waals surface area contributed by atoms with E-state index in [1.54, 1.807) is 42.8 Å². The molecular weight excluding hydrogens is 352 g/mol. The van der Waals surface area contributed by atoms with E-state index in [-0.39, 0.29) is 10.8 Å². The van der Waals surface area contributed by atoms with Crippen molar-refractivity contribution < 1.29 is 13.2 Å². The average Bonchev–Trinajstić information content (AvgIpc) is 3.22. The van der Waals surface area contributed by atoms with Crippen LogP contribution in [-0.4, -0.2) is 42.1 Å². The number of nitrogens with one attached hydrogen (secondary N) is 1. The Kier molecular flexibility index (Phi) is 5.04. The Morgan fingerprint density at radius 1 is 1.15 bits per heavy atom. The van der Waals surface area contributed by atoms with Crippen LogP contribution in [0.15, 0.2) is 29.2 Å². The van der Waals surface area contributed by atoms with Gasteiger partial charge in [0.05, 0.1) is 11.4 Å². The van der Waals surface area contributed by atoms with Gasteiger partial charge >= 0.3 is 0 Å². The SMILES string of the molecule is CCn1nc(C)c(S(=O)(=O)Nc2ccc(C(=O)N3CCCC3)cc2)c1C. The van der Waals surface area contributed by atoms with Crippen molar-refractivity contribution >= 4 is 21.6 Å². The van der Waals surface area contributed by atoms with Gasteiger partial charge in [0.1, 0.15) is 4.90 Å². The van der Waals surface area contributed by atoms with E-state index in [1.807, 2.05) is 11.8 Å². The first-order valence-electron chi connectivity index (χ1n) is 8.79. The van der Waals surface area contributed by atoms with Crippen LogP contribution in [0.4, 0.5) is 5.69 Å². The molecular formula is C18H24N4O3S. The van der Waals surface area contributed by atoms with Gasteiger partial charge in [0, 0.05) is 30.9 Å². The van der Waals surface area contributed by atoms with Gasteiger partial charge in [-0.2, -0.15) is 5.10 Å². The van der Waals surface area contributed by atoms with E-state index in [0.29, 0.717) is 29.2 Å². The summed E-state index contributed by atoms with van der Waals surface area (Å²) < 4.78 is 29.8. The zero-order chi connectivity index (χ0) is 18.9. The molecule has 0 spiro atoms. The molecule has 2 aromatic rings. The lowest BCUT2D eigenvalue weighted by Crippen LogP contribution is -2.27. The number of hydrogen-bond acceptors (Lipinski definition) is 4. The summed E-state index contributed by atoms with van der Waals surface area (Å²) in [6, 6.07) is 6.56. The predicted octanol–water partition coefficient (Wildman–Crippen LogP) is 2.56. The topological polar surface area (TPSA) is 84.3 Å². The van der Waals surface area contributed by atoms with Crippen LogP contribution in [-0.2, 0) is 16.6 Å². The molecule has 1 saturated heterocycles. The quantitative estimate of drug-likeness (QED) is 0.869. The van der Waals surface area contributed by atoms with Crippen LogP contribution >= 0.6 is 0 Å². The van der Waals surface area contributed by atoms with Crippen molar-refractivity contribution in [3.05, 3.63) is 41.2 Å². The maximum atomic E-state index is 12.8. The molecule has 2 heterocycles. The Morgan fingerprint density at radius 3 is 2.31 bits per heavy atom. The number of aromatic nitrogens is 2. The summed E-state index contributed by atoms with van der Waals surface area (Å²) in [5.74, 6) is -0.00665. The summed E-state index contributed by atoms with van der Waals surface area (Å²) in [7, 11) is -3.74. The van der Waals surface area contributed by atoms with E-state index in [4.69, 9.17) is 0 Å². The van der Waals surface area contributed by atoms with Crippen molar-refractivity contribution in [1.29, 1.82) is 0 Å². The molecule has 1 fully saturated rings. The Hall–Kier alpha value is -2.35. The van der Waals surface area contributed by atoms with Crippen molar-refractivity contribution in [3.8, 4) is 0 Å². The molecule has 1 N–H and O–H groups in total. The van der Waals surface area contributed by atoms with Crippen molar-refractivity contribution in [2.45, 2.75) is 45.1 Å². The molecule has 0 aliphatic carbocycles. The number of aryl methyl sites for hydroxylation is 2. The van der Waals surface area contributed by atoms with Crippen LogP contribution < -0.4 is 4.72 Å². The van der Waals surface area contributed by atoms with Gasteiger partial charge in [-0.1, -0.05) is 0 Å². The molecule has 0 unspecified atom stereocenters. The van der Waals surface area contributed by atoms with Crippen LogP contribution in [0.1, 0.15) is 41.5 Å². The van der Waals surface area contributed by atoms with Gasteiger partial charge in [0.2, 0.25) is 0 Å². The van der Waals surface area contributed by atoms with Crippen molar-refractivity contribution in [2.24, 2.45) is 0 Å². The number of sulfonamides is 1. The molecule has 1 aromatic carbocycles. The summed E-state index contributed by atoms with van der Waals surface area (Å²) in [6.45, 7) is 7.52. The maximum absolute atomic E-state index is 12.8. The van der Waals surface area contributed by atoms with Crippen molar-refractivity contribution in [3.63, 3.8) is 0 Å². The number of amides is 1. The zero-order valence-electron chi connectivity index (χ0n) is 15.3. The lowest BCUT2D eigenvalue weighted by atomic mass is 10.2. The summed E-state index contributed by atoms with van der Waals surface area (Å²) in [5.41, 5.74) is 2.07. The molecule has 7 nitrogen and oxygen atoms in total. The number of carbonyl (C=O) groups excluding carboxylic acids is 1. The van der Waals surface area contributed by atoms with Gasteiger partial charge in [-0.3, -0.25) is 14.2 Å². The highest BCUT2D eigenvalue weighted by atomic mass is 32.2. The monoisotopic (exact) mass is 376 g/mol. The standard InChI is InChI=1S/C18H24N4O3S/c1-4-22-14(3)17(13(2)19-22)26(24,25)20-16-9-7-15(8-10-16)18(23)21-11-5-6-12-21/h7-10,20H,4-6,11-12H2,1-3H3. The predicted molar refractivity (Wildman–Crippen MR) is 99.8 cm³/mol. The smallest absolute Gasteiger partial charge is 0.265 e. The molecule has 1 amide bonds. The van der Waals surface area contributed by atoms with E-state index >= 15 is 0 Å². The second kappa shape index (κ2) is 7.11.